The average Bonchev–Trinajstić information content (AvgIpc) is 2.52. The van der Waals surface area contributed by atoms with Gasteiger partial charge in [-0.2, -0.15) is 4.98 Å². The van der Waals surface area contributed by atoms with E-state index in [9.17, 15) is 9.90 Å². The molecule has 7 heteroatoms. The van der Waals surface area contributed by atoms with Crippen LogP contribution in [0.2, 0.25) is 10.0 Å². The van der Waals surface area contributed by atoms with Gasteiger partial charge < -0.3 is 10.4 Å². The Kier molecular flexibility index (Phi) is 4.23. The average molecular weight is 348 g/mol. The van der Waals surface area contributed by atoms with Crippen molar-refractivity contribution in [2.45, 2.75) is 0 Å². The first-order chi connectivity index (χ1) is 11.1. The van der Waals surface area contributed by atoms with Crippen LogP contribution in [0.5, 0.6) is 5.88 Å². The quantitative estimate of drug-likeness (QED) is 0.663. The molecule has 3 aromatic rings. The Labute approximate surface area is 141 Å². The van der Waals surface area contributed by atoms with Gasteiger partial charge in [-0.25, -0.2) is 0 Å². The van der Waals surface area contributed by atoms with Gasteiger partial charge in [-0.1, -0.05) is 53.5 Å². The summed E-state index contributed by atoms with van der Waals surface area (Å²) in [6, 6.07) is 14.0. The van der Waals surface area contributed by atoms with Crippen LogP contribution in [0.25, 0.3) is 11.1 Å². The van der Waals surface area contributed by atoms with Gasteiger partial charge in [0.15, 0.2) is 0 Å². The van der Waals surface area contributed by atoms with Crippen molar-refractivity contribution in [2.24, 2.45) is 0 Å². The molecule has 0 saturated heterocycles. The number of benzene rings is 2. The fourth-order valence-corrected chi connectivity index (χ4v) is 2.51. The number of halogens is 2. The molecule has 0 radical (unpaired) electrons. The van der Waals surface area contributed by atoms with Gasteiger partial charge >= 0.3 is 0 Å². The first-order valence-electron chi connectivity index (χ1n) is 6.66. The van der Waals surface area contributed by atoms with E-state index in [4.69, 9.17) is 23.2 Å². The monoisotopic (exact) mass is 347 g/mol. The molecule has 0 aliphatic heterocycles. The van der Waals surface area contributed by atoms with Crippen molar-refractivity contribution < 1.29 is 5.11 Å². The standard InChI is InChI=1S/C16H11Cl2N3O2/c17-11-8-4-7-10(13(11)18)12-14(22)20-16(21-15(12)23)19-9-5-2-1-3-6-9/h1-8H,(H3,19,20,21,22,23). The van der Waals surface area contributed by atoms with Crippen molar-refractivity contribution in [3.63, 3.8) is 0 Å². The van der Waals surface area contributed by atoms with Gasteiger partial charge in [-0.05, 0) is 18.2 Å². The molecule has 1 aromatic heterocycles. The van der Waals surface area contributed by atoms with Gasteiger partial charge in [0, 0.05) is 11.3 Å². The van der Waals surface area contributed by atoms with Crippen molar-refractivity contribution >= 4 is 34.8 Å². The molecule has 0 amide bonds. The summed E-state index contributed by atoms with van der Waals surface area (Å²) < 4.78 is 0. The molecule has 5 nitrogen and oxygen atoms in total. The predicted octanol–water partition coefficient (Wildman–Crippen LogP) is 4.19. The van der Waals surface area contributed by atoms with Crippen LogP contribution in [-0.2, 0) is 0 Å². The highest BCUT2D eigenvalue weighted by Gasteiger charge is 2.17. The number of para-hydroxylation sites is 1. The van der Waals surface area contributed by atoms with Crippen LogP contribution >= 0.6 is 23.2 Å². The minimum Gasteiger partial charge on any atom is -0.493 e. The zero-order chi connectivity index (χ0) is 16.4. The molecule has 0 saturated carbocycles. The van der Waals surface area contributed by atoms with Gasteiger partial charge in [0.25, 0.3) is 5.56 Å². The van der Waals surface area contributed by atoms with E-state index in [1.54, 1.807) is 30.3 Å². The minimum absolute atomic E-state index is 0.0314. The first-order valence-corrected chi connectivity index (χ1v) is 7.41. The maximum Gasteiger partial charge on any atom is 0.264 e. The Morgan fingerprint density at radius 2 is 1.78 bits per heavy atom. The van der Waals surface area contributed by atoms with E-state index in [1.807, 2.05) is 18.2 Å². The normalized spacial score (nSPS) is 10.5. The molecule has 0 bridgehead atoms. The third kappa shape index (κ3) is 3.16. The van der Waals surface area contributed by atoms with Crippen LogP contribution in [0.4, 0.5) is 11.6 Å². The summed E-state index contributed by atoms with van der Waals surface area (Å²) >= 11 is 12.1. The van der Waals surface area contributed by atoms with E-state index >= 15 is 0 Å². The van der Waals surface area contributed by atoms with E-state index in [0.717, 1.165) is 5.69 Å². The van der Waals surface area contributed by atoms with Gasteiger partial charge in [0.1, 0.15) is 5.56 Å². The van der Waals surface area contributed by atoms with Crippen LogP contribution in [0.1, 0.15) is 0 Å². The predicted molar refractivity (Wildman–Crippen MR) is 91.7 cm³/mol. The molecule has 23 heavy (non-hydrogen) atoms. The van der Waals surface area contributed by atoms with E-state index < -0.39 is 11.4 Å². The molecular weight excluding hydrogens is 337 g/mol. The molecule has 0 spiro atoms. The number of anilines is 2. The van der Waals surface area contributed by atoms with Crippen LogP contribution < -0.4 is 10.9 Å². The number of aromatic amines is 1. The number of hydrogen-bond acceptors (Lipinski definition) is 4. The zero-order valence-corrected chi connectivity index (χ0v) is 13.2. The molecule has 0 aliphatic carbocycles. The fourth-order valence-electron chi connectivity index (χ4n) is 2.12. The topological polar surface area (TPSA) is 78.0 Å². The summed E-state index contributed by atoms with van der Waals surface area (Å²) in [6.07, 6.45) is 0. The number of hydrogen-bond donors (Lipinski definition) is 3. The Bertz CT molecular complexity index is 911. The van der Waals surface area contributed by atoms with Crippen molar-refractivity contribution in [2.75, 3.05) is 5.32 Å². The molecule has 3 rings (SSSR count). The lowest BCUT2D eigenvalue weighted by Gasteiger charge is -2.09. The Balaban J connectivity index is 2.05. The number of aromatic nitrogens is 2. The Morgan fingerprint density at radius 1 is 1.04 bits per heavy atom. The zero-order valence-electron chi connectivity index (χ0n) is 11.7. The number of rotatable bonds is 3. The lowest BCUT2D eigenvalue weighted by atomic mass is 10.1. The third-order valence-electron chi connectivity index (χ3n) is 3.16. The van der Waals surface area contributed by atoms with Crippen molar-refractivity contribution in [1.82, 2.24) is 9.97 Å². The molecule has 2 aromatic carbocycles. The second-order valence-electron chi connectivity index (χ2n) is 4.71. The molecule has 0 aliphatic rings. The number of nitrogens with zero attached hydrogens (tertiary/aromatic N) is 1. The molecule has 0 unspecified atom stereocenters. The molecule has 116 valence electrons. The second-order valence-corrected chi connectivity index (χ2v) is 5.49. The summed E-state index contributed by atoms with van der Waals surface area (Å²) in [7, 11) is 0. The molecule has 1 heterocycles. The summed E-state index contributed by atoms with van der Waals surface area (Å²) in [5.41, 5.74) is 0.483. The highest BCUT2D eigenvalue weighted by atomic mass is 35.5. The van der Waals surface area contributed by atoms with Gasteiger partial charge in [-0.3, -0.25) is 9.78 Å². The summed E-state index contributed by atoms with van der Waals surface area (Å²) in [6.45, 7) is 0. The first kappa shape index (κ1) is 15.4. The molecule has 0 fully saturated rings. The molecule has 0 atom stereocenters. The maximum absolute atomic E-state index is 12.3. The minimum atomic E-state index is -0.528. The van der Waals surface area contributed by atoms with Crippen LogP contribution in [-0.4, -0.2) is 15.1 Å². The summed E-state index contributed by atoms with van der Waals surface area (Å²) in [5.74, 6) is -0.308. The Morgan fingerprint density at radius 3 is 2.48 bits per heavy atom. The maximum atomic E-state index is 12.3. The van der Waals surface area contributed by atoms with Crippen LogP contribution in [0.15, 0.2) is 53.3 Å². The number of aromatic hydroxyl groups is 1. The van der Waals surface area contributed by atoms with Crippen LogP contribution in [0.3, 0.4) is 0 Å². The van der Waals surface area contributed by atoms with E-state index in [0.29, 0.717) is 5.56 Å². The highest BCUT2D eigenvalue weighted by Crippen LogP contribution is 2.35. The van der Waals surface area contributed by atoms with E-state index in [-0.39, 0.29) is 21.6 Å². The number of nitrogens with one attached hydrogen (secondary N) is 2. The molecule has 3 N–H and O–H groups in total. The van der Waals surface area contributed by atoms with Crippen molar-refractivity contribution in [3.05, 3.63) is 68.9 Å². The third-order valence-corrected chi connectivity index (χ3v) is 3.98. The lowest BCUT2D eigenvalue weighted by Crippen LogP contribution is -2.13. The lowest BCUT2D eigenvalue weighted by molar-refractivity contribution is 0.454. The van der Waals surface area contributed by atoms with Gasteiger partial charge in [0.05, 0.1) is 10.0 Å². The Hall–Kier alpha value is -2.50. The van der Waals surface area contributed by atoms with Crippen molar-refractivity contribution in [3.8, 4) is 17.0 Å². The molecular formula is C16H11Cl2N3O2. The van der Waals surface area contributed by atoms with E-state index in [1.165, 1.54) is 0 Å². The summed E-state index contributed by atoms with van der Waals surface area (Å²) in [4.78, 5) is 18.9. The van der Waals surface area contributed by atoms with Gasteiger partial charge in [0.2, 0.25) is 11.8 Å². The SMILES string of the molecule is O=c1[nH]c(Nc2ccccc2)nc(O)c1-c1cccc(Cl)c1Cl. The second kappa shape index (κ2) is 6.32. The van der Waals surface area contributed by atoms with E-state index in [2.05, 4.69) is 15.3 Å². The number of H-pyrrole nitrogens is 1. The largest absolute Gasteiger partial charge is 0.493 e. The van der Waals surface area contributed by atoms with Crippen molar-refractivity contribution in [1.29, 1.82) is 0 Å². The highest BCUT2D eigenvalue weighted by molar-refractivity contribution is 6.43. The smallest absolute Gasteiger partial charge is 0.264 e. The van der Waals surface area contributed by atoms with Gasteiger partial charge in [-0.15, -0.1) is 0 Å². The van der Waals surface area contributed by atoms with Crippen LogP contribution in [0, 0.1) is 0 Å². The summed E-state index contributed by atoms with van der Waals surface area (Å²) in [5, 5.41) is 13.5. The fraction of sp³-hybridized carbons (Fsp3) is 0.